The Morgan fingerprint density at radius 3 is 2.73 bits per heavy atom. The number of ether oxygens (including phenoxy) is 1. The van der Waals surface area contributed by atoms with Crippen molar-refractivity contribution in [1.29, 1.82) is 0 Å². The van der Waals surface area contributed by atoms with Gasteiger partial charge < -0.3 is 15.4 Å². The van der Waals surface area contributed by atoms with E-state index in [1.165, 1.54) is 45.6 Å². The number of hydrogen-bond donors (Lipinski definition) is 2. The van der Waals surface area contributed by atoms with E-state index < -0.39 is 17.3 Å². The summed E-state index contributed by atoms with van der Waals surface area (Å²) in [4.78, 5) is 26.8. The Kier molecular flexibility index (Phi) is 5.68. The average Bonchev–Trinajstić information content (AvgIpc) is 3.52. The molecule has 0 unspecified atom stereocenters. The fourth-order valence-electron chi connectivity index (χ4n) is 6.37. The van der Waals surface area contributed by atoms with Crippen LogP contribution in [0.25, 0.3) is 16.9 Å². The lowest BCUT2D eigenvalue weighted by molar-refractivity contribution is -0.277. The van der Waals surface area contributed by atoms with Crippen LogP contribution in [-0.2, 0) is 35.3 Å². The van der Waals surface area contributed by atoms with Gasteiger partial charge in [0, 0.05) is 37.5 Å². The van der Waals surface area contributed by atoms with Crippen molar-refractivity contribution in [1.82, 2.24) is 29.6 Å². The molecule has 0 radical (unpaired) electrons. The zero-order valence-corrected chi connectivity index (χ0v) is 22.4. The largest absolute Gasteiger partial charge is 0.423 e. The molecule has 0 amide bonds. The fraction of sp³-hybridized carbons (Fsp3) is 0.379. The zero-order chi connectivity index (χ0) is 28.6. The molecule has 1 spiro atoms. The van der Waals surface area contributed by atoms with Gasteiger partial charge in [-0.2, -0.15) is 18.2 Å². The second-order valence-corrected chi connectivity index (χ2v) is 11.0. The van der Waals surface area contributed by atoms with Gasteiger partial charge in [-0.15, -0.1) is 6.58 Å². The SMILES string of the molecule is C=CCn1c(=O)c2cnc(Nc3ccc4c(c3)CNCC43CC3)nc2n1-c1ccc2c(n1)[C@](OC)(C(F)(F)F)CC2. The molecule has 3 aromatic heterocycles. The first-order valence-electron chi connectivity index (χ1n) is 13.5. The van der Waals surface area contributed by atoms with Crippen LogP contribution >= 0.6 is 0 Å². The Labute approximate surface area is 233 Å². The molecule has 3 aliphatic rings. The summed E-state index contributed by atoms with van der Waals surface area (Å²) in [5, 5.41) is 6.94. The van der Waals surface area contributed by atoms with E-state index >= 15 is 0 Å². The van der Waals surface area contributed by atoms with Gasteiger partial charge in [0.05, 0.1) is 12.2 Å². The molecule has 1 fully saturated rings. The summed E-state index contributed by atoms with van der Waals surface area (Å²) in [6, 6.07) is 9.43. The number of fused-ring (bicyclic) bond motifs is 4. The molecule has 1 aromatic carbocycles. The van der Waals surface area contributed by atoms with E-state index in [2.05, 4.69) is 44.3 Å². The third kappa shape index (κ3) is 3.84. The average molecular weight is 564 g/mol. The summed E-state index contributed by atoms with van der Waals surface area (Å²) >= 11 is 0. The summed E-state index contributed by atoms with van der Waals surface area (Å²) in [5.74, 6) is 0.360. The van der Waals surface area contributed by atoms with Crippen LogP contribution in [0.2, 0.25) is 0 Å². The smallest absolute Gasteiger partial charge is 0.363 e. The lowest BCUT2D eigenvalue weighted by Crippen LogP contribution is -2.43. The van der Waals surface area contributed by atoms with E-state index in [-0.39, 0.29) is 53.3 Å². The Morgan fingerprint density at radius 2 is 2.00 bits per heavy atom. The van der Waals surface area contributed by atoms with Crippen LogP contribution in [0.3, 0.4) is 0 Å². The molecule has 0 saturated heterocycles. The molecule has 1 atom stereocenters. The van der Waals surface area contributed by atoms with E-state index in [1.54, 1.807) is 12.1 Å². The number of hydrogen-bond acceptors (Lipinski definition) is 7. The summed E-state index contributed by atoms with van der Waals surface area (Å²) in [5.41, 5.74) is 1.19. The van der Waals surface area contributed by atoms with E-state index in [4.69, 9.17) is 4.74 Å². The van der Waals surface area contributed by atoms with Gasteiger partial charge in [0.15, 0.2) is 11.5 Å². The van der Waals surface area contributed by atoms with Crippen molar-refractivity contribution in [3.8, 4) is 5.82 Å². The first-order chi connectivity index (χ1) is 19.7. The van der Waals surface area contributed by atoms with Crippen LogP contribution in [0.4, 0.5) is 24.8 Å². The van der Waals surface area contributed by atoms with Gasteiger partial charge in [-0.1, -0.05) is 18.2 Å². The van der Waals surface area contributed by atoms with Crippen LogP contribution in [0.1, 0.15) is 41.6 Å². The molecule has 1 aliphatic heterocycles. The van der Waals surface area contributed by atoms with Crippen molar-refractivity contribution in [3.05, 3.63) is 81.9 Å². The Hall–Kier alpha value is -4.03. The molecule has 41 heavy (non-hydrogen) atoms. The number of pyridine rings is 1. The number of halogens is 3. The van der Waals surface area contributed by atoms with Crippen LogP contribution in [0.15, 0.2) is 54.0 Å². The van der Waals surface area contributed by atoms with E-state index in [0.29, 0.717) is 5.56 Å². The van der Waals surface area contributed by atoms with Crippen molar-refractivity contribution in [2.75, 3.05) is 19.0 Å². The third-order valence-corrected chi connectivity index (χ3v) is 8.66. The molecule has 2 N–H and O–H groups in total. The van der Waals surface area contributed by atoms with Crippen LogP contribution in [0.5, 0.6) is 0 Å². The molecule has 4 aromatic rings. The predicted molar refractivity (Wildman–Crippen MR) is 147 cm³/mol. The molecule has 212 valence electrons. The number of anilines is 2. The molecule has 2 aliphatic carbocycles. The number of benzene rings is 1. The number of aromatic nitrogens is 5. The minimum Gasteiger partial charge on any atom is -0.363 e. The minimum absolute atomic E-state index is 0.0883. The highest BCUT2D eigenvalue weighted by Gasteiger charge is 2.61. The highest BCUT2D eigenvalue weighted by molar-refractivity contribution is 5.77. The first kappa shape index (κ1) is 25.9. The molecule has 9 nitrogen and oxygen atoms in total. The van der Waals surface area contributed by atoms with E-state index in [9.17, 15) is 18.0 Å². The minimum atomic E-state index is -4.67. The number of allylic oxidation sites excluding steroid dienone is 1. The standard InChI is InChI=1S/C29H28F3N7O2/c1-3-12-38-25(40)20-15-34-26(35-19-5-6-21-18(13-19)14-33-16-27(21)10-11-27)37-24(20)39(38)22-7-4-17-8-9-28(41-2,23(17)36-22)29(30,31)32/h3-7,13,15,33H,1,8-12,14,16H2,2H3,(H,34,35,37)/t28-/m0/s1. The number of aryl methyl sites for hydroxylation is 1. The Bertz CT molecular complexity index is 1770. The highest BCUT2D eigenvalue weighted by atomic mass is 19.4. The first-order valence-corrected chi connectivity index (χ1v) is 13.5. The van der Waals surface area contributed by atoms with Crippen molar-refractivity contribution >= 4 is 22.7 Å². The van der Waals surface area contributed by atoms with Crippen molar-refractivity contribution in [2.24, 2.45) is 0 Å². The Morgan fingerprint density at radius 1 is 1.17 bits per heavy atom. The number of nitrogens with one attached hydrogen (secondary N) is 2. The van der Waals surface area contributed by atoms with Gasteiger partial charge in [-0.3, -0.25) is 4.79 Å². The van der Waals surface area contributed by atoms with Crippen molar-refractivity contribution in [2.45, 2.75) is 56.0 Å². The van der Waals surface area contributed by atoms with E-state index in [1.807, 2.05) is 6.07 Å². The lowest BCUT2D eigenvalue weighted by atomic mass is 9.88. The quantitative estimate of drug-likeness (QED) is 0.336. The normalized spacial score (nSPS) is 20.7. The van der Waals surface area contributed by atoms with Gasteiger partial charge in [0.2, 0.25) is 11.5 Å². The van der Waals surface area contributed by atoms with Gasteiger partial charge >= 0.3 is 6.18 Å². The Balaban J connectivity index is 1.33. The maximum absolute atomic E-state index is 14.2. The maximum Gasteiger partial charge on any atom is 0.423 e. The molecule has 4 heterocycles. The molecule has 7 rings (SSSR count). The maximum atomic E-state index is 14.2. The summed E-state index contributed by atoms with van der Waals surface area (Å²) in [6.07, 6.45) is 0.563. The molecule has 1 saturated carbocycles. The van der Waals surface area contributed by atoms with Crippen molar-refractivity contribution < 1.29 is 17.9 Å². The lowest BCUT2D eigenvalue weighted by Gasteiger charge is -2.30. The highest BCUT2D eigenvalue weighted by Crippen LogP contribution is 2.51. The van der Waals surface area contributed by atoms with Gasteiger partial charge in [-0.25, -0.2) is 19.3 Å². The second kappa shape index (κ2) is 8.98. The number of nitrogens with zero attached hydrogens (tertiary/aromatic N) is 5. The van der Waals surface area contributed by atoms with Crippen LogP contribution in [-0.4, -0.2) is 44.1 Å². The van der Waals surface area contributed by atoms with Crippen molar-refractivity contribution in [3.63, 3.8) is 0 Å². The number of methoxy groups -OCH3 is 1. The van der Waals surface area contributed by atoms with Crippen LogP contribution in [0, 0.1) is 0 Å². The van der Waals surface area contributed by atoms with E-state index in [0.717, 1.165) is 25.9 Å². The monoisotopic (exact) mass is 563 g/mol. The fourth-order valence-corrected chi connectivity index (χ4v) is 6.37. The second-order valence-electron chi connectivity index (χ2n) is 11.0. The van der Waals surface area contributed by atoms with Crippen LogP contribution < -0.4 is 16.2 Å². The topological polar surface area (TPSA) is 98.9 Å². The third-order valence-electron chi connectivity index (χ3n) is 8.66. The number of rotatable bonds is 6. The molecular weight excluding hydrogens is 535 g/mol. The molecule has 0 bridgehead atoms. The van der Waals surface area contributed by atoms with Gasteiger partial charge in [-0.05, 0) is 60.6 Å². The summed E-state index contributed by atoms with van der Waals surface area (Å²) < 4.78 is 50.5. The zero-order valence-electron chi connectivity index (χ0n) is 22.4. The predicted octanol–water partition coefficient (Wildman–Crippen LogP) is 4.39. The molecule has 12 heteroatoms. The number of alkyl halides is 3. The summed E-state index contributed by atoms with van der Waals surface area (Å²) in [6.45, 7) is 5.60. The summed E-state index contributed by atoms with van der Waals surface area (Å²) in [7, 11) is 1.04. The molecular formula is C29H28F3N7O2. The van der Waals surface area contributed by atoms with Gasteiger partial charge in [0.25, 0.3) is 5.56 Å². The van der Waals surface area contributed by atoms with Gasteiger partial charge in [0.1, 0.15) is 5.39 Å².